The summed E-state index contributed by atoms with van der Waals surface area (Å²) in [5, 5.41) is 18.1. The van der Waals surface area contributed by atoms with E-state index in [0.717, 1.165) is 4.57 Å². The predicted molar refractivity (Wildman–Crippen MR) is 184 cm³/mol. The lowest BCUT2D eigenvalue weighted by Gasteiger charge is -2.26. The van der Waals surface area contributed by atoms with Crippen LogP contribution in [0.15, 0.2) is 40.2 Å². The molecule has 1 saturated carbocycles. The lowest BCUT2D eigenvalue weighted by atomic mass is 9.97. The maximum atomic E-state index is 14.0. The molecule has 0 bridgehead atoms. The summed E-state index contributed by atoms with van der Waals surface area (Å²) in [5.41, 5.74) is 0.00644. The van der Waals surface area contributed by atoms with Crippen LogP contribution >= 0.6 is 35.3 Å². The highest BCUT2D eigenvalue weighted by atomic mass is 127. The molecule has 5 rings (SSSR count). The molecule has 0 unspecified atom stereocenters. The summed E-state index contributed by atoms with van der Waals surface area (Å²) in [5.74, 6) is 0.0159. The monoisotopic (exact) mass is 770 g/mol. The van der Waals surface area contributed by atoms with Gasteiger partial charge in [-0.3, -0.25) is 19.0 Å². The quantitative estimate of drug-likeness (QED) is 0.265. The predicted octanol–water partition coefficient (Wildman–Crippen LogP) is 4.04. The minimum atomic E-state index is -1.03. The Balaban J connectivity index is 0.000000559. The maximum Gasteiger partial charge on any atom is 0.332 e. The van der Waals surface area contributed by atoms with Crippen molar-refractivity contribution in [3.63, 3.8) is 0 Å². The molecule has 1 N–H and O–H groups in total. The molecule has 0 saturated heterocycles. The van der Waals surface area contributed by atoms with E-state index in [-0.39, 0.29) is 55.0 Å². The second-order valence-corrected chi connectivity index (χ2v) is 12.3. The largest absolute Gasteiger partial charge is 0.496 e. The first kappa shape index (κ1) is 37.0. The van der Waals surface area contributed by atoms with Gasteiger partial charge in [-0.15, -0.1) is 28.8 Å². The number of ether oxygens (including phenoxy) is 1. The van der Waals surface area contributed by atoms with Gasteiger partial charge in [0.25, 0.3) is 5.56 Å². The van der Waals surface area contributed by atoms with E-state index in [1.807, 2.05) is 13.8 Å². The first-order chi connectivity index (χ1) is 21.3. The molecule has 46 heavy (non-hydrogen) atoms. The minimum absolute atomic E-state index is 0. The van der Waals surface area contributed by atoms with Gasteiger partial charge in [0, 0.05) is 38.0 Å². The van der Waals surface area contributed by atoms with Gasteiger partial charge in [0.2, 0.25) is 5.91 Å². The zero-order chi connectivity index (χ0) is 33.0. The number of rotatable bonds is 8. The van der Waals surface area contributed by atoms with Gasteiger partial charge in [-0.2, -0.15) is 10.2 Å². The molecule has 250 valence electrons. The van der Waals surface area contributed by atoms with Gasteiger partial charge in [0.1, 0.15) is 33.2 Å². The number of aliphatic hydroxyl groups is 1. The number of fused-ring (bicyclic) bond motifs is 1. The average Bonchev–Trinajstić information content (AvgIpc) is 3.66. The lowest BCUT2D eigenvalue weighted by Crippen LogP contribution is -2.47. The number of Topliss-reactive ketones (excluding diaryl/α,β-unsaturated/α-hetero) is 1. The number of amides is 1. The van der Waals surface area contributed by atoms with E-state index in [0.29, 0.717) is 63.6 Å². The van der Waals surface area contributed by atoms with E-state index in [1.165, 1.54) is 63.3 Å². The van der Waals surface area contributed by atoms with E-state index in [4.69, 9.17) is 9.84 Å². The topological polar surface area (TPSA) is 142 Å². The number of aromatic nitrogens is 5. The zero-order valence-electron chi connectivity index (χ0n) is 26.7. The van der Waals surface area contributed by atoms with Crippen molar-refractivity contribution in [3.8, 4) is 10.8 Å². The number of carbonyl (C=O) groups excluding carboxylic acids is 2. The molecule has 0 radical (unpaired) electrons. The standard InChI is InChI=1S/C25H29FN6O4S.C6H10O2.HI/c1-14(2)29(5)21(33)16(4)31-22(34)20-15(3)23(32-27-10-11-28-32)37-24(20)30(25(31)35)12-9-17-13-18(26)7-8-19(17)36-6;7-5-1-2-6(8)4-3-5;/h7-8,10-11,13-14,16H,9,12H2,1-6H3;5,7H,1-4H2;1H/t16-;;/m1../s1. The third kappa shape index (κ3) is 7.91. The fourth-order valence-corrected chi connectivity index (χ4v) is 6.40. The Morgan fingerprint density at radius 3 is 2.35 bits per heavy atom. The first-order valence-corrected chi connectivity index (χ1v) is 15.6. The summed E-state index contributed by atoms with van der Waals surface area (Å²) in [4.78, 5) is 54.5. The van der Waals surface area contributed by atoms with Gasteiger partial charge in [0.05, 0.1) is 31.0 Å². The van der Waals surface area contributed by atoms with Crippen molar-refractivity contribution in [3.05, 3.63) is 68.4 Å². The smallest absolute Gasteiger partial charge is 0.332 e. The summed E-state index contributed by atoms with van der Waals surface area (Å²) in [6.45, 7) is 7.15. The molecular formula is C31H40FIN6O6S. The Morgan fingerprint density at radius 2 is 1.78 bits per heavy atom. The molecule has 1 aliphatic carbocycles. The van der Waals surface area contributed by atoms with Gasteiger partial charge in [0.15, 0.2) is 0 Å². The van der Waals surface area contributed by atoms with Crippen LogP contribution in [0.5, 0.6) is 5.75 Å². The number of hydrogen-bond acceptors (Lipinski definition) is 9. The molecule has 3 aromatic heterocycles. The minimum Gasteiger partial charge on any atom is -0.496 e. The molecule has 4 aromatic rings. The fraction of sp³-hybridized carbons (Fsp3) is 0.484. The van der Waals surface area contributed by atoms with Gasteiger partial charge in [-0.1, -0.05) is 11.3 Å². The van der Waals surface area contributed by atoms with Crippen LogP contribution in [-0.4, -0.2) is 72.1 Å². The number of methoxy groups -OCH3 is 1. The summed E-state index contributed by atoms with van der Waals surface area (Å²) in [6, 6.07) is 3.05. The highest BCUT2D eigenvalue weighted by Crippen LogP contribution is 2.31. The molecule has 1 aromatic carbocycles. The van der Waals surface area contributed by atoms with Crippen molar-refractivity contribution in [2.45, 2.75) is 84.5 Å². The summed E-state index contributed by atoms with van der Waals surface area (Å²) in [7, 11) is 3.13. The van der Waals surface area contributed by atoms with Crippen LogP contribution in [0.25, 0.3) is 15.2 Å². The van der Waals surface area contributed by atoms with Crippen molar-refractivity contribution in [2.75, 3.05) is 14.2 Å². The Hall–Kier alpha value is -3.44. The van der Waals surface area contributed by atoms with Gasteiger partial charge in [-0.25, -0.2) is 13.8 Å². The highest BCUT2D eigenvalue weighted by Gasteiger charge is 2.28. The number of nitrogens with zero attached hydrogens (tertiary/aromatic N) is 6. The molecule has 1 fully saturated rings. The Kier molecular flexibility index (Phi) is 12.8. The average molecular weight is 771 g/mol. The van der Waals surface area contributed by atoms with Gasteiger partial charge in [-0.05, 0) is 70.7 Å². The molecule has 1 amide bonds. The third-order valence-corrected chi connectivity index (χ3v) is 9.33. The number of aliphatic hydroxyl groups excluding tert-OH is 1. The van der Waals surface area contributed by atoms with E-state index in [2.05, 4.69) is 10.2 Å². The van der Waals surface area contributed by atoms with E-state index in [1.54, 1.807) is 20.9 Å². The summed E-state index contributed by atoms with van der Waals surface area (Å²) < 4.78 is 21.8. The van der Waals surface area contributed by atoms with Crippen LogP contribution in [0.3, 0.4) is 0 Å². The lowest BCUT2D eigenvalue weighted by molar-refractivity contribution is -0.134. The first-order valence-electron chi connectivity index (χ1n) is 14.8. The molecule has 0 aliphatic heterocycles. The van der Waals surface area contributed by atoms with Crippen molar-refractivity contribution in [2.24, 2.45) is 0 Å². The van der Waals surface area contributed by atoms with Crippen LogP contribution in [0.4, 0.5) is 4.39 Å². The number of thiophene rings is 1. The Morgan fingerprint density at radius 1 is 1.15 bits per heavy atom. The maximum absolute atomic E-state index is 14.0. The van der Waals surface area contributed by atoms with Crippen molar-refractivity contribution >= 4 is 57.2 Å². The molecule has 3 heterocycles. The number of carbonyl (C=O) groups is 2. The third-order valence-electron chi connectivity index (χ3n) is 8.05. The second kappa shape index (κ2) is 15.9. The normalized spacial score (nSPS) is 14.1. The molecular weight excluding hydrogens is 730 g/mol. The van der Waals surface area contributed by atoms with Gasteiger partial charge >= 0.3 is 5.69 Å². The van der Waals surface area contributed by atoms with Crippen LogP contribution in [0.1, 0.15) is 63.6 Å². The van der Waals surface area contributed by atoms with Gasteiger partial charge < -0.3 is 14.7 Å². The Bertz CT molecular complexity index is 1790. The van der Waals surface area contributed by atoms with Crippen LogP contribution in [0, 0.1) is 12.7 Å². The number of benzene rings is 1. The fourth-order valence-electron chi connectivity index (χ4n) is 5.16. The molecule has 1 aliphatic rings. The van der Waals surface area contributed by atoms with Crippen LogP contribution in [-0.2, 0) is 22.6 Å². The zero-order valence-corrected chi connectivity index (χ0v) is 29.9. The molecule has 1 atom stereocenters. The molecule has 12 nitrogen and oxygen atoms in total. The number of ketones is 1. The highest BCUT2D eigenvalue weighted by molar-refractivity contribution is 14.0. The van der Waals surface area contributed by atoms with E-state index in [9.17, 15) is 23.6 Å². The number of likely N-dealkylation sites (N-methyl/N-ethyl adjacent to an activating group) is 1. The van der Waals surface area contributed by atoms with Crippen molar-refractivity contribution in [1.82, 2.24) is 29.0 Å². The second-order valence-electron chi connectivity index (χ2n) is 11.3. The summed E-state index contributed by atoms with van der Waals surface area (Å²) >= 11 is 1.21. The number of aryl methyl sites for hydroxylation is 3. The number of hydrogen-bond donors (Lipinski definition) is 1. The summed E-state index contributed by atoms with van der Waals surface area (Å²) in [6.07, 6.45) is 5.63. The SMILES string of the molecule is COc1ccc(F)cc1CCn1c(=O)n([C@H](C)C(=O)N(C)C(C)C)c(=O)c2c(C)c(-n3nccn3)sc21.I.O=C1CCC(O)CC1. The Labute approximate surface area is 286 Å². The molecule has 0 spiro atoms. The van der Waals surface area contributed by atoms with E-state index < -0.39 is 23.1 Å². The number of halogens is 2. The van der Waals surface area contributed by atoms with Crippen molar-refractivity contribution in [1.29, 1.82) is 0 Å². The van der Waals surface area contributed by atoms with Crippen LogP contribution < -0.4 is 16.0 Å². The van der Waals surface area contributed by atoms with Crippen LogP contribution in [0.2, 0.25) is 0 Å². The molecule has 15 heteroatoms. The van der Waals surface area contributed by atoms with E-state index >= 15 is 0 Å². The van der Waals surface area contributed by atoms with Crippen molar-refractivity contribution < 1.29 is 23.8 Å².